The Morgan fingerprint density at radius 3 is 2.54 bits per heavy atom. The Bertz CT molecular complexity index is 989. The fourth-order valence-corrected chi connectivity index (χ4v) is 3.50. The first kappa shape index (κ1) is 20.0. The van der Waals surface area contributed by atoms with E-state index in [1.54, 1.807) is 36.4 Å². The number of amides is 2. The second kappa shape index (κ2) is 8.09. The van der Waals surface area contributed by atoms with Crippen LogP contribution in [0.1, 0.15) is 18.9 Å². The number of rotatable bonds is 7. The first-order chi connectivity index (χ1) is 13.3. The van der Waals surface area contributed by atoms with Gasteiger partial charge in [-0.05, 0) is 36.8 Å². The molecule has 1 fully saturated rings. The molecule has 2 amide bonds. The van der Waals surface area contributed by atoms with Crippen molar-refractivity contribution in [1.82, 2.24) is 5.32 Å². The molecule has 2 aromatic rings. The second-order valence-electron chi connectivity index (χ2n) is 6.32. The summed E-state index contributed by atoms with van der Waals surface area (Å²) >= 11 is 0. The minimum atomic E-state index is -3.75. The van der Waals surface area contributed by atoms with Crippen LogP contribution in [0.5, 0.6) is 5.75 Å². The lowest BCUT2D eigenvalue weighted by Crippen LogP contribution is -2.38. The van der Waals surface area contributed by atoms with Crippen molar-refractivity contribution in [3.05, 3.63) is 54.1 Å². The molecule has 1 aliphatic heterocycles. The van der Waals surface area contributed by atoms with Gasteiger partial charge in [-0.1, -0.05) is 18.2 Å². The Labute approximate surface area is 163 Å². The van der Waals surface area contributed by atoms with E-state index in [1.165, 1.54) is 12.1 Å². The summed E-state index contributed by atoms with van der Waals surface area (Å²) in [5.74, 6) is -0.0347. The first-order valence-corrected chi connectivity index (χ1v) is 10.3. The van der Waals surface area contributed by atoms with E-state index in [4.69, 9.17) is 9.88 Å². The lowest BCUT2D eigenvalue weighted by atomic mass is 10.2. The number of nitrogens with two attached hydrogens (primary N) is 1. The zero-order chi connectivity index (χ0) is 20.3. The Morgan fingerprint density at radius 1 is 1.18 bits per heavy atom. The summed E-state index contributed by atoms with van der Waals surface area (Å²) in [7, 11) is -3.75. The third-order valence-corrected chi connectivity index (χ3v) is 5.27. The number of nitrogens with zero attached hydrogens (tertiary/aromatic N) is 1. The van der Waals surface area contributed by atoms with Crippen LogP contribution >= 0.6 is 0 Å². The van der Waals surface area contributed by atoms with Crippen molar-refractivity contribution in [2.75, 3.05) is 11.5 Å². The number of ether oxygens (including phenoxy) is 1. The van der Waals surface area contributed by atoms with Gasteiger partial charge in [0.2, 0.25) is 15.9 Å². The molecule has 148 valence electrons. The highest BCUT2D eigenvalue weighted by molar-refractivity contribution is 7.89. The molecule has 1 aliphatic rings. The van der Waals surface area contributed by atoms with Crippen LogP contribution in [0.3, 0.4) is 0 Å². The molecule has 0 saturated carbocycles. The number of hydrogen-bond acceptors (Lipinski definition) is 6. The van der Waals surface area contributed by atoms with Crippen molar-refractivity contribution in [2.45, 2.75) is 30.8 Å². The van der Waals surface area contributed by atoms with Gasteiger partial charge in [-0.15, -0.1) is 0 Å². The van der Waals surface area contributed by atoms with Gasteiger partial charge in [0.15, 0.2) is 0 Å². The highest BCUT2D eigenvalue weighted by Gasteiger charge is 2.39. The predicted octanol–water partition coefficient (Wildman–Crippen LogP) is 1.15. The van der Waals surface area contributed by atoms with Gasteiger partial charge in [0.25, 0.3) is 5.91 Å². The highest BCUT2D eigenvalue weighted by atomic mass is 32.2. The number of imide groups is 1. The van der Waals surface area contributed by atoms with Gasteiger partial charge in [0.05, 0.1) is 29.7 Å². The van der Waals surface area contributed by atoms with E-state index in [2.05, 4.69) is 5.32 Å². The Morgan fingerprint density at radius 2 is 1.89 bits per heavy atom. The zero-order valence-corrected chi connectivity index (χ0v) is 16.1. The molecule has 2 aromatic carbocycles. The van der Waals surface area contributed by atoms with Crippen molar-refractivity contribution in [3.8, 4) is 5.75 Å². The molecule has 28 heavy (non-hydrogen) atoms. The van der Waals surface area contributed by atoms with Crippen molar-refractivity contribution >= 4 is 27.5 Å². The van der Waals surface area contributed by atoms with E-state index >= 15 is 0 Å². The minimum absolute atomic E-state index is 0.0173. The maximum atomic E-state index is 12.7. The van der Waals surface area contributed by atoms with Gasteiger partial charge in [-0.25, -0.2) is 18.5 Å². The molecular weight excluding hydrogens is 382 g/mol. The summed E-state index contributed by atoms with van der Waals surface area (Å²) in [5, 5.41) is 8.13. The standard InChI is InChI=1S/C19H21N3O5S/c1-2-27-15-5-3-4-14(10-15)22-18(23)11-17(19(22)24)21-12-13-6-8-16(9-7-13)28(20,25)26/h3-10,17,21H,2,11-12H2,1H3,(H2,20,25,26)/t17-/m0/s1. The molecule has 9 heteroatoms. The topological polar surface area (TPSA) is 119 Å². The van der Waals surface area contributed by atoms with Crippen LogP contribution in [0.25, 0.3) is 0 Å². The molecule has 0 aromatic heterocycles. The number of sulfonamides is 1. The summed E-state index contributed by atoms with van der Waals surface area (Å²) in [6.07, 6.45) is 0.0486. The van der Waals surface area contributed by atoms with Crippen molar-refractivity contribution in [2.24, 2.45) is 5.14 Å². The van der Waals surface area contributed by atoms with E-state index in [9.17, 15) is 18.0 Å². The van der Waals surface area contributed by atoms with E-state index < -0.39 is 16.1 Å². The van der Waals surface area contributed by atoms with Crippen LogP contribution in [0, 0.1) is 0 Å². The fraction of sp³-hybridized carbons (Fsp3) is 0.263. The monoisotopic (exact) mass is 403 g/mol. The highest BCUT2D eigenvalue weighted by Crippen LogP contribution is 2.26. The van der Waals surface area contributed by atoms with Crippen LogP contribution < -0.4 is 20.1 Å². The molecule has 3 rings (SSSR count). The summed E-state index contributed by atoms with van der Waals surface area (Å²) in [5.41, 5.74) is 1.24. The molecule has 3 N–H and O–H groups in total. The average molecular weight is 403 g/mol. The normalized spacial score (nSPS) is 17.2. The average Bonchev–Trinajstić information content (AvgIpc) is 2.93. The van der Waals surface area contributed by atoms with Gasteiger partial charge in [0, 0.05) is 12.6 Å². The number of hydrogen-bond donors (Lipinski definition) is 2. The van der Waals surface area contributed by atoms with E-state index in [-0.39, 0.29) is 23.1 Å². The quantitative estimate of drug-likeness (QED) is 0.670. The van der Waals surface area contributed by atoms with Crippen LogP contribution in [-0.2, 0) is 26.2 Å². The molecule has 0 aliphatic carbocycles. The molecule has 8 nitrogen and oxygen atoms in total. The van der Waals surface area contributed by atoms with Gasteiger partial charge in [-0.3, -0.25) is 9.59 Å². The van der Waals surface area contributed by atoms with E-state index in [0.717, 1.165) is 10.5 Å². The van der Waals surface area contributed by atoms with Crippen molar-refractivity contribution in [1.29, 1.82) is 0 Å². The van der Waals surface area contributed by atoms with E-state index in [0.29, 0.717) is 24.6 Å². The summed E-state index contributed by atoms with van der Waals surface area (Å²) in [6, 6.07) is 12.2. The van der Waals surface area contributed by atoms with E-state index in [1.807, 2.05) is 6.92 Å². The van der Waals surface area contributed by atoms with Crippen LogP contribution in [-0.4, -0.2) is 32.9 Å². The molecule has 0 unspecified atom stereocenters. The second-order valence-corrected chi connectivity index (χ2v) is 7.89. The number of carbonyl (C=O) groups excluding carboxylic acids is 2. The number of benzene rings is 2. The maximum Gasteiger partial charge on any atom is 0.251 e. The predicted molar refractivity (Wildman–Crippen MR) is 103 cm³/mol. The SMILES string of the molecule is CCOc1cccc(N2C(=O)C[C@H](NCc3ccc(S(N)(=O)=O)cc3)C2=O)c1. The smallest absolute Gasteiger partial charge is 0.251 e. The zero-order valence-electron chi connectivity index (χ0n) is 15.3. The first-order valence-electron chi connectivity index (χ1n) is 8.74. The lowest BCUT2D eigenvalue weighted by molar-refractivity contribution is -0.121. The molecular formula is C19H21N3O5S. The third kappa shape index (κ3) is 4.38. The molecule has 0 bridgehead atoms. The molecule has 0 spiro atoms. The number of primary sulfonamides is 1. The van der Waals surface area contributed by atoms with Crippen LogP contribution in [0.15, 0.2) is 53.4 Å². The largest absolute Gasteiger partial charge is 0.494 e. The third-order valence-electron chi connectivity index (χ3n) is 4.34. The molecule has 1 heterocycles. The number of anilines is 1. The van der Waals surface area contributed by atoms with Gasteiger partial charge in [-0.2, -0.15) is 0 Å². The maximum absolute atomic E-state index is 12.7. The summed E-state index contributed by atoms with van der Waals surface area (Å²) in [4.78, 5) is 26.2. The number of nitrogens with one attached hydrogen (secondary N) is 1. The number of carbonyl (C=O) groups is 2. The molecule has 0 radical (unpaired) electrons. The van der Waals surface area contributed by atoms with Crippen LogP contribution in [0.2, 0.25) is 0 Å². The Hall–Kier alpha value is -2.75. The van der Waals surface area contributed by atoms with Crippen molar-refractivity contribution in [3.63, 3.8) is 0 Å². The minimum Gasteiger partial charge on any atom is -0.494 e. The van der Waals surface area contributed by atoms with Gasteiger partial charge in [0.1, 0.15) is 5.75 Å². The van der Waals surface area contributed by atoms with Gasteiger partial charge >= 0.3 is 0 Å². The van der Waals surface area contributed by atoms with Gasteiger partial charge < -0.3 is 10.1 Å². The molecule has 1 atom stereocenters. The summed E-state index contributed by atoms with van der Waals surface area (Å²) in [6.45, 7) is 2.65. The van der Waals surface area contributed by atoms with Crippen LogP contribution in [0.4, 0.5) is 5.69 Å². The molecule has 1 saturated heterocycles. The fourth-order valence-electron chi connectivity index (χ4n) is 2.98. The lowest BCUT2D eigenvalue weighted by Gasteiger charge is -2.16. The summed E-state index contributed by atoms with van der Waals surface area (Å²) < 4.78 is 28.0. The Balaban J connectivity index is 1.67. The van der Waals surface area contributed by atoms with Crippen molar-refractivity contribution < 1.29 is 22.7 Å². The Kier molecular flexibility index (Phi) is 5.78.